The van der Waals surface area contributed by atoms with Gasteiger partial charge in [-0.2, -0.15) is 0 Å². The van der Waals surface area contributed by atoms with Gasteiger partial charge in [-0.3, -0.25) is 0 Å². The van der Waals surface area contributed by atoms with Crippen molar-refractivity contribution in [3.05, 3.63) is 36.6 Å². The average molecular weight is 221 g/mol. The Morgan fingerprint density at radius 3 is 2.62 bits per heavy atom. The number of aldehydes is 1. The Morgan fingerprint density at radius 2 is 2.12 bits per heavy atom. The van der Waals surface area contributed by atoms with Crippen LogP contribution in [0.25, 0.3) is 0 Å². The van der Waals surface area contributed by atoms with Crippen LogP contribution < -0.4 is 5.32 Å². The number of rotatable bonds is 8. The molecule has 0 fully saturated rings. The van der Waals surface area contributed by atoms with E-state index in [-0.39, 0.29) is 6.04 Å². The van der Waals surface area contributed by atoms with Crippen LogP contribution in [0.3, 0.4) is 0 Å². The van der Waals surface area contributed by atoms with Crippen LogP contribution in [0.2, 0.25) is 0 Å². The van der Waals surface area contributed by atoms with Crippen molar-refractivity contribution in [3.63, 3.8) is 0 Å². The van der Waals surface area contributed by atoms with E-state index in [0.717, 1.165) is 18.4 Å². The topological polar surface area (TPSA) is 29.1 Å². The number of hydrogen-bond acceptors (Lipinski definition) is 2. The van der Waals surface area contributed by atoms with Gasteiger partial charge in [0, 0.05) is 18.2 Å². The molecule has 0 saturated heterocycles. The molecule has 0 aromatic heterocycles. The quantitative estimate of drug-likeness (QED) is 0.503. The van der Waals surface area contributed by atoms with Crippen molar-refractivity contribution in [2.24, 2.45) is 5.92 Å². The molecule has 1 N–H and O–H groups in total. The number of nitrogens with one attached hydrogen (secondary N) is 1. The highest BCUT2D eigenvalue weighted by Crippen LogP contribution is 2.07. The zero-order valence-electron chi connectivity index (χ0n) is 10.6. The number of carbonyl (C=O) groups excluding carboxylic acids is 1. The van der Waals surface area contributed by atoms with E-state index in [1.54, 1.807) is 0 Å². The maximum atomic E-state index is 10.5. The van der Waals surface area contributed by atoms with Gasteiger partial charge in [0.25, 0.3) is 0 Å². The highest BCUT2D eigenvalue weighted by Gasteiger charge is 2.01. The van der Waals surface area contributed by atoms with Gasteiger partial charge in [-0.05, 0) is 26.2 Å². The Kier molecular flexibility index (Phi) is 8.22. The lowest BCUT2D eigenvalue weighted by Gasteiger charge is -2.14. The second-order valence-corrected chi connectivity index (χ2v) is 4.01. The molecule has 2 unspecified atom stereocenters. The standard InChI is InChI=1S/C14H23NO/c1-5-7-13(4)15-14(10-11-16)9-8-12(3)6-2/h5-7,9,11-13,15H,2,8,10H2,1,3-4H3/b7-5-,14-9?. The zero-order chi connectivity index (χ0) is 12.4. The Balaban J connectivity index is 4.34. The van der Waals surface area contributed by atoms with Gasteiger partial charge in [-0.25, -0.2) is 0 Å². The SMILES string of the molecule is C=CC(C)CC=C(CC=O)NC(C)/C=C\C. The minimum atomic E-state index is 0.259. The van der Waals surface area contributed by atoms with Gasteiger partial charge < -0.3 is 10.1 Å². The minimum absolute atomic E-state index is 0.259. The molecule has 0 aromatic rings. The van der Waals surface area contributed by atoms with Crippen molar-refractivity contribution in [3.8, 4) is 0 Å². The number of allylic oxidation sites excluding steroid dienone is 4. The number of carbonyl (C=O) groups is 1. The normalized spacial score (nSPS) is 15.8. The first-order chi connectivity index (χ1) is 7.63. The molecule has 0 aliphatic rings. The van der Waals surface area contributed by atoms with E-state index in [1.807, 2.05) is 19.1 Å². The van der Waals surface area contributed by atoms with Gasteiger partial charge in [0.05, 0.1) is 0 Å². The molecule has 0 bridgehead atoms. The molecule has 0 rings (SSSR count). The summed E-state index contributed by atoms with van der Waals surface area (Å²) in [5.41, 5.74) is 0.995. The molecular weight excluding hydrogens is 198 g/mol. The molecule has 0 aromatic carbocycles. The summed E-state index contributed by atoms with van der Waals surface area (Å²) in [5, 5.41) is 3.31. The van der Waals surface area contributed by atoms with E-state index < -0.39 is 0 Å². The van der Waals surface area contributed by atoms with Crippen LogP contribution >= 0.6 is 0 Å². The van der Waals surface area contributed by atoms with E-state index >= 15 is 0 Å². The summed E-state index contributed by atoms with van der Waals surface area (Å²) in [5.74, 6) is 0.445. The molecule has 0 spiro atoms. The lowest BCUT2D eigenvalue weighted by atomic mass is 10.1. The second kappa shape index (κ2) is 8.96. The summed E-state index contributed by atoms with van der Waals surface area (Å²) in [4.78, 5) is 10.5. The van der Waals surface area contributed by atoms with Crippen molar-refractivity contribution < 1.29 is 4.79 Å². The molecular formula is C14H23NO. The molecule has 2 nitrogen and oxygen atoms in total. The molecule has 2 heteroatoms. The third-order valence-electron chi connectivity index (χ3n) is 2.34. The Bertz CT molecular complexity index is 266. The van der Waals surface area contributed by atoms with Crippen LogP contribution in [0.5, 0.6) is 0 Å². The first kappa shape index (κ1) is 14.7. The predicted molar refractivity (Wildman–Crippen MR) is 70.2 cm³/mol. The van der Waals surface area contributed by atoms with E-state index in [0.29, 0.717) is 12.3 Å². The van der Waals surface area contributed by atoms with Crippen LogP contribution in [0.15, 0.2) is 36.6 Å². The second-order valence-electron chi connectivity index (χ2n) is 4.01. The summed E-state index contributed by atoms with van der Waals surface area (Å²) in [6.07, 6.45) is 10.4. The smallest absolute Gasteiger partial charge is 0.125 e. The van der Waals surface area contributed by atoms with Crippen LogP contribution in [0.4, 0.5) is 0 Å². The van der Waals surface area contributed by atoms with Gasteiger partial charge in [0.2, 0.25) is 0 Å². The van der Waals surface area contributed by atoms with Gasteiger partial charge in [0.15, 0.2) is 0 Å². The minimum Gasteiger partial charge on any atom is -0.382 e. The van der Waals surface area contributed by atoms with E-state index in [9.17, 15) is 4.79 Å². The van der Waals surface area contributed by atoms with Crippen LogP contribution in [0, 0.1) is 5.92 Å². The summed E-state index contributed by atoms with van der Waals surface area (Å²) >= 11 is 0. The van der Waals surface area contributed by atoms with Crippen LogP contribution in [-0.4, -0.2) is 12.3 Å². The summed E-state index contributed by atoms with van der Waals surface area (Å²) in [7, 11) is 0. The molecule has 16 heavy (non-hydrogen) atoms. The molecule has 0 heterocycles. The Labute approximate surface area is 99.1 Å². The Morgan fingerprint density at radius 1 is 1.44 bits per heavy atom. The largest absolute Gasteiger partial charge is 0.382 e. The highest BCUT2D eigenvalue weighted by molar-refractivity contribution is 5.54. The molecule has 0 aliphatic carbocycles. The first-order valence-electron chi connectivity index (χ1n) is 5.78. The highest BCUT2D eigenvalue weighted by atomic mass is 16.1. The van der Waals surface area contributed by atoms with Gasteiger partial charge in [-0.15, -0.1) is 6.58 Å². The fourth-order valence-corrected chi connectivity index (χ4v) is 1.34. The first-order valence-corrected chi connectivity index (χ1v) is 5.78. The summed E-state index contributed by atoms with van der Waals surface area (Å²) in [6, 6.07) is 0.259. The fraction of sp³-hybridized carbons (Fsp3) is 0.500. The molecule has 0 radical (unpaired) electrons. The van der Waals surface area contributed by atoms with E-state index in [2.05, 4.69) is 37.9 Å². The van der Waals surface area contributed by atoms with Crippen molar-refractivity contribution in [2.45, 2.75) is 39.7 Å². The van der Waals surface area contributed by atoms with E-state index in [1.165, 1.54) is 0 Å². The predicted octanol–water partition coefficient (Wildman–Crippen LogP) is 3.23. The number of hydrogen-bond donors (Lipinski definition) is 1. The van der Waals surface area contributed by atoms with Crippen molar-refractivity contribution in [2.75, 3.05) is 0 Å². The van der Waals surface area contributed by atoms with Crippen molar-refractivity contribution >= 4 is 6.29 Å². The summed E-state index contributed by atoms with van der Waals surface area (Å²) in [6.45, 7) is 9.91. The fourth-order valence-electron chi connectivity index (χ4n) is 1.34. The maximum absolute atomic E-state index is 10.5. The van der Waals surface area contributed by atoms with Gasteiger partial charge in [0.1, 0.15) is 6.29 Å². The van der Waals surface area contributed by atoms with E-state index in [4.69, 9.17) is 0 Å². The third-order valence-corrected chi connectivity index (χ3v) is 2.34. The van der Waals surface area contributed by atoms with Gasteiger partial charge in [-0.1, -0.05) is 31.2 Å². The molecule has 0 amide bonds. The van der Waals surface area contributed by atoms with Gasteiger partial charge >= 0.3 is 0 Å². The average Bonchev–Trinajstić information content (AvgIpc) is 2.26. The summed E-state index contributed by atoms with van der Waals surface area (Å²) < 4.78 is 0. The molecule has 90 valence electrons. The molecule has 2 atom stereocenters. The van der Waals surface area contributed by atoms with Crippen molar-refractivity contribution in [1.29, 1.82) is 0 Å². The van der Waals surface area contributed by atoms with Crippen LogP contribution in [-0.2, 0) is 4.79 Å². The lowest BCUT2D eigenvalue weighted by Crippen LogP contribution is -2.23. The van der Waals surface area contributed by atoms with Crippen LogP contribution in [0.1, 0.15) is 33.6 Å². The Hall–Kier alpha value is -1.31. The third kappa shape index (κ3) is 7.04. The molecule has 0 aliphatic heterocycles. The lowest BCUT2D eigenvalue weighted by molar-refractivity contribution is -0.107. The van der Waals surface area contributed by atoms with Crippen molar-refractivity contribution in [1.82, 2.24) is 5.32 Å². The molecule has 0 saturated carbocycles. The maximum Gasteiger partial charge on any atom is 0.125 e. The monoisotopic (exact) mass is 221 g/mol. The zero-order valence-corrected chi connectivity index (χ0v) is 10.6.